The highest BCUT2D eigenvalue weighted by molar-refractivity contribution is 9.10. The normalized spacial score (nSPS) is 13.2. The van der Waals surface area contributed by atoms with Gasteiger partial charge in [0.1, 0.15) is 11.7 Å². The number of nitrogens with zero attached hydrogens (tertiary/aromatic N) is 1. The molecule has 1 atom stereocenters. The highest BCUT2D eigenvalue weighted by atomic mass is 79.9. The van der Waals surface area contributed by atoms with E-state index >= 15 is 0 Å². The molecule has 0 bridgehead atoms. The summed E-state index contributed by atoms with van der Waals surface area (Å²) in [5.74, 6) is -0.909. The lowest BCUT2D eigenvalue weighted by molar-refractivity contribution is 0.0940. The topological polar surface area (TPSA) is 87.7 Å². The van der Waals surface area contributed by atoms with Crippen molar-refractivity contribution in [3.63, 3.8) is 0 Å². The smallest absolute Gasteiger partial charge is 0.252 e. The highest BCUT2D eigenvalue weighted by Crippen LogP contribution is 2.17. The summed E-state index contributed by atoms with van der Waals surface area (Å²) in [6, 6.07) is 3.51. The lowest BCUT2D eigenvalue weighted by Gasteiger charge is -2.13. The Bertz CT molecular complexity index is 479. The fraction of sp³-hybridized carbons (Fsp3) is 0.273. The molecule has 0 saturated heterocycles. The van der Waals surface area contributed by atoms with Gasteiger partial charge in [0.25, 0.3) is 5.91 Å². The van der Waals surface area contributed by atoms with Crippen LogP contribution in [0.5, 0.6) is 0 Å². The van der Waals surface area contributed by atoms with Gasteiger partial charge in [-0.1, -0.05) is 5.16 Å². The zero-order chi connectivity index (χ0) is 13.7. The van der Waals surface area contributed by atoms with E-state index in [1.54, 1.807) is 6.92 Å². The Kier molecular flexibility index (Phi) is 5.08. The Morgan fingerprint density at radius 1 is 1.67 bits per heavy atom. The van der Waals surface area contributed by atoms with Crippen LogP contribution in [-0.4, -0.2) is 23.0 Å². The molecule has 0 radical (unpaired) electrons. The van der Waals surface area contributed by atoms with Gasteiger partial charge in [-0.15, -0.1) is 0 Å². The van der Waals surface area contributed by atoms with E-state index in [1.807, 2.05) is 0 Å². The molecule has 1 unspecified atom stereocenters. The molecule has 0 aliphatic rings. The Morgan fingerprint density at radius 3 is 2.94 bits per heavy atom. The number of hydrogen-bond acceptors (Lipinski definition) is 3. The molecule has 0 saturated carbocycles. The number of amidine groups is 1. The van der Waals surface area contributed by atoms with Crippen molar-refractivity contribution in [1.29, 1.82) is 0 Å². The molecule has 5 nitrogen and oxygen atoms in total. The Hall–Kier alpha value is -1.63. The number of halogens is 2. The SMILES string of the molecule is CC(CC(N)=NO)NC(=O)c1cc(F)ccc1Br. The van der Waals surface area contributed by atoms with Gasteiger partial charge in [0.05, 0.1) is 5.56 Å². The molecule has 4 N–H and O–H groups in total. The van der Waals surface area contributed by atoms with E-state index in [1.165, 1.54) is 12.1 Å². The van der Waals surface area contributed by atoms with Crippen LogP contribution in [0.25, 0.3) is 0 Å². The zero-order valence-corrected chi connectivity index (χ0v) is 11.2. The maximum atomic E-state index is 13.0. The number of nitrogens with two attached hydrogens (primary N) is 1. The van der Waals surface area contributed by atoms with Crippen molar-refractivity contribution in [3.8, 4) is 0 Å². The minimum absolute atomic E-state index is 0.0149. The molecule has 1 aromatic rings. The number of hydrogen-bond donors (Lipinski definition) is 3. The lowest BCUT2D eigenvalue weighted by Crippen LogP contribution is -2.36. The molecule has 1 amide bonds. The van der Waals surface area contributed by atoms with Gasteiger partial charge < -0.3 is 16.3 Å². The van der Waals surface area contributed by atoms with Gasteiger partial charge in [-0.25, -0.2) is 4.39 Å². The minimum Gasteiger partial charge on any atom is -0.409 e. The van der Waals surface area contributed by atoms with E-state index in [4.69, 9.17) is 10.9 Å². The molecule has 0 heterocycles. The van der Waals surface area contributed by atoms with Crippen LogP contribution >= 0.6 is 15.9 Å². The predicted molar refractivity (Wildman–Crippen MR) is 69.1 cm³/mol. The Labute approximate surface area is 112 Å². The summed E-state index contributed by atoms with van der Waals surface area (Å²) in [4.78, 5) is 11.8. The Balaban J connectivity index is 2.73. The summed E-state index contributed by atoms with van der Waals surface area (Å²) in [5, 5.41) is 13.8. The van der Waals surface area contributed by atoms with Crippen LogP contribution in [0.1, 0.15) is 23.7 Å². The monoisotopic (exact) mass is 317 g/mol. The van der Waals surface area contributed by atoms with Gasteiger partial charge in [-0.3, -0.25) is 4.79 Å². The molecule has 0 aromatic heterocycles. The molecule has 0 aliphatic carbocycles. The summed E-state index contributed by atoms with van der Waals surface area (Å²) in [7, 11) is 0. The summed E-state index contributed by atoms with van der Waals surface area (Å²) < 4.78 is 13.5. The fourth-order valence-corrected chi connectivity index (χ4v) is 1.81. The summed E-state index contributed by atoms with van der Waals surface area (Å²) in [5.41, 5.74) is 5.52. The molecule has 1 aromatic carbocycles. The van der Waals surface area contributed by atoms with Crippen molar-refractivity contribution in [2.24, 2.45) is 10.9 Å². The maximum absolute atomic E-state index is 13.0. The van der Waals surface area contributed by atoms with Crippen molar-refractivity contribution in [2.45, 2.75) is 19.4 Å². The van der Waals surface area contributed by atoms with Crippen LogP contribution in [0.3, 0.4) is 0 Å². The van der Waals surface area contributed by atoms with E-state index in [0.717, 1.165) is 6.07 Å². The molecular formula is C11H13BrFN3O2. The van der Waals surface area contributed by atoms with E-state index < -0.39 is 11.7 Å². The molecule has 0 fully saturated rings. The zero-order valence-electron chi connectivity index (χ0n) is 9.65. The number of rotatable bonds is 4. The van der Waals surface area contributed by atoms with E-state index in [9.17, 15) is 9.18 Å². The molecule has 1 rings (SSSR count). The third-order valence-electron chi connectivity index (χ3n) is 2.19. The molecule has 18 heavy (non-hydrogen) atoms. The van der Waals surface area contributed by atoms with Crippen LogP contribution in [0.4, 0.5) is 4.39 Å². The van der Waals surface area contributed by atoms with Crippen LogP contribution in [0.2, 0.25) is 0 Å². The van der Waals surface area contributed by atoms with Crippen molar-refractivity contribution in [2.75, 3.05) is 0 Å². The van der Waals surface area contributed by atoms with Gasteiger partial charge in [0.2, 0.25) is 0 Å². The standard InChI is InChI=1S/C11H13BrFN3O2/c1-6(4-10(14)16-18)15-11(17)8-5-7(13)2-3-9(8)12/h2-3,5-6,18H,4H2,1H3,(H2,14,16)(H,15,17). The average Bonchev–Trinajstić information content (AvgIpc) is 2.31. The minimum atomic E-state index is -0.493. The van der Waals surface area contributed by atoms with E-state index in [2.05, 4.69) is 26.4 Å². The van der Waals surface area contributed by atoms with Gasteiger partial charge >= 0.3 is 0 Å². The Morgan fingerprint density at radius 2 is 2.33 bits per heavy atom. The van der Waals surface area contributed by atoms with E-state index in [0.29, 0.717) is 4.47 Å². The molecule has 7 heteroatoms. The molecular weight excluding hydrogens is 305 g/mol. The number of nitrogens with one attached hydrogen (secondary N) is 1. The summed E-state index contributed by atoms with van der Waals surface area (Å²) in [6.45, 7) is 1.70. The van der Waals surface area contributed by atoms with Gasteiger partial charge in [-0.05, 0) is 41.1 Å². The third kappa shape index (κ3) is 3.99. The fourth-order valence-electron chi connectivity index (χ4n) is 1.38. The number of carbonyl (C=O) groups is 1. The maximum Gasteiger partial charge on any atom is 0.252 e. The predicted octanol–water partition coefficient (Wildman–Crippen LogP) is 1.84. The summed E-state index contributed by atoms with van der Waals surface area (Å²) in [6.07, 6.45) is 0.204. The first kappa shape index (κ1) is 14.4. The first-order chi connectivity index (χ1) is 8.43. The van der Waals surface area contributed by atoms with Gasteiger partial charge in [0.15, 0.2) is 0 Å². The van der Waals surface area contributed by atoms with Crippen LogP contribution in [-0.2, 0) is 0 Å². The number of carbonyl (C=O) groups excluding carboxylic acids is 1. The molecule has 98 valence electrons. The van der Waals surface area contributed by atoms with E-state index in [-0.39, 0.29) is 23.9 Å². The number of oxime groups is 1. The van der Waals surface area contributed by atoms with Gasteiger partial charge in [0, 0.05) is 16.9 Å². The largest absolute Gasteiger partial charge is 0.409 e. The lowest BCUT2D eigenvalue weighted by atomic mass is 10.1. The quantitative estimate of drug-likeness (QED) is 0.343. The van der Waals surface area contributed by atoms with Crippen LogP contribution in [0.15, 0.2) is 27.8 Å². The van der Waals surface area contributed by atoms with Crippen molar-refractivity contribution >= 4 is 27.7 Å². The second-order valence-electron chi connectivity index (χ2n) is 3.79. The molecule has 0 spiro atoms. The first-order valence-electron chi connectivity index (χ1n) is 5.16. The van der Waals surface area contributed by atoms with Crippen LogP contribution in [0, 0.1) is 5.82 Å². The second-order valence-corrected chi connectivity index (χ2v) is 4.65. The van der Waals surface area contributed by atoms with Crippen molar-refractivity contribution < 1.29 is 14.4 Å². The van der Waals surface area contributed by atoms with Gasteiger partial charge in [-0.2, -0.15) is 0 Å². The highest BCUT2D eigenvalue weighted by Gasteiger charge is 2.14. The van der Waals surface area contributed by atoms with Crippen molar-refractivity contribution in [1.82, 2.24) is 5.32 Å². The first-order valence-corrected chi connectivity index (χ1v) is 5.95. The second kappa shape index (κ2) is 6.34. The number of benzene rings is 1. The summed E-state index contributed by atoms with van der Waals surface area (Å²) >= 11 is 3.17. The average molecular weight is 318 g/mol. The van der Waals surface area contributed by atoms with Crippen molar-refractivity contribution in [3.05, 3.63) is 34.1 Å². The molecule has 0 aliphatic heterocycles. The third-order valence-corrected chi connectivity index (χ3v) is 2.89. The number of amides is 1. The van der Waals surface area contributed by atoms with Crippen LogP contribution < -0.4 is 11.1 Å².